The first-order valence-electron chi connectivity index (χ1n) is 10.4. The summed E-state index contributed by atoms with van der Waals surface area (Å²) in [6.45, 7) is 1.87. The second kappa shape index (κ2) is 9.30. The Hall–Kier alpha value is -3.90. The highest BCUT2D eigenvalue weighted by Gasteiger charge is 2.32. The topological polar surface area (TPSA) is 63.7 Å². The fraction of sp³-hybridized carbons (Fsp3) is 0.0741. The number of carbonyl (C=O) groups is 1. The van der Waals surface area contributed by atoms with Crippen LogP contribution in [0.3, 0.4) is 0 Å². The summed E-state index contributed by atoms with van der Waals surface area (Å²) >= 11 is 0. The van der Waals surface area contributed by atoms with Crippen LogP contribution in [0.15, 0.2) is 108 Å². The van der Waals surface area contributed by atoms with Crippen molar-refractivity contribution in [2.75, 3.05) is 11.4 Å². The van der Waals surface area contributed by atoms with E-state index in [0.717, 1.165) is 21.0 Å². The molecule has 0 bridgehead atoms. The van der Waals surface area contributed by atoms with Crippen molar-refractivity contribution in [3.63, 3.8) is 0 Å². The zero-order chi connectivity index (χ0) is 23.4. The highest BCUT2D eigenvalue weighted by molar-refractivity contribution is 7.93. The Morgan fingerprint density at radius 3 is 1.88 bits per heavy atom. The van der Waals surface area contributed by atoms with E-state index in [4.69, 9.17) is 4.74 Å². The molecule has 0 aliphatic heterocycles. The molecule has 0 aliphatic carbocycles. The van der Waals surface area contributed by atoms with Gasteiger partial charge in [-0.1, -0.05) is 60.2 Å². The number of sulfonamides is 1. The summed E-state index contributed by atoms with van der Waals surface area (Å²) in [5.41, 5.74) is 3.36. The van der Waals surface area contributed by atoms with Crippen molar-refractivity contribution in [1.82, 2.24) is 0 Å². The van der Waals surface area contributed by atoms with Crippen molar-refractivity contribution in [2.24, 2.45) is 0 Å². The van der Waals surface area contributed by atoms with Crippen LogP contribution in [-0.4, -0.2) is 21.4 Å². The van der Waals surface area contributed by atoms with E-state index in [2.05, 4.69) is 0 Å². The van der Waals surface area contributed by atoms with Gasteiger partial charge in [0.15, 0.2) is 0 Å². The molecule has 0 N–H and O–H groups in total. The Labute approximate surface area is 193 Å². The van der Waals surface area contributed by atoms with Crippen molar-refractivity contribution < 1.29 is 17.9 Å². The van der Waals surface area contributed by atoms with Crippen LogP contribution < -0.4 is 9.04 Å². The molecular formula is C27H23NO4S. The van der Waals surface area contributed by atoms with Gasteiger partial charge in [-0.25, -0.2) is 8.42 Å². The van der Waals surface area contributed by atoms with E-state index in [1.54, 1.807) is 48.5 Å². The van der Waals surface area contributed by atoms with Gasteiger partial charge in [0.2, 0.25) is 0 Å². The van der Waals surface area contributed by atoms with E-state index in [-0.39, 0.29) is 16.1 Å². The maximum absolute atomic E-state index is 13.6. The predicted octanol–water partition coefficient (Wildman–Crippen LogP) is 5.71. The molecule has 4 rings (SSSR count). The molecule has 4 aromatic rings. The van der Waals surface area contributed by atoms with Gasteiger partial charge >= 0.3 is 0 Å². The summed E-state index contributed by atoms with van der Waals surface area (Å²) in [5, 5.41) is 0. The van der Waals surface area contributed by atoms with Crippen LogP contribution in [-0.2, 0) is 10.0 Å². The Morgan fingerprint density at radius 1 is 0.727 bits per heavy atom. The molecule has 0 saturated carbocycles. The number of anilines is 1. The van der Waals surface area contributed by atoms with E-state index in [1.807, 2.05) is 49.4 Å². The van der Waals surface area contributed by atoms with Crippen molar-refractivity contribution in [2.45, 2.75) is 11.8 Å². The van der Waals surface area contributed by atoms with Crippen LogP contribution in [0.2, 0.25) is 0 Å². The van der Waals surface area contributed by atoms with Gasteiger partial charge in [0.1, 0.15) is 5.75 Å². The lowest BCUT2D eigenvalue weighted by atomic mass is 10.0. The summed E-state index contributed by atoms with van der Waals surface area (Å²) in [6.07, 6.45) is 0. The molecule has 0 fully saturated rings. The molecule has 0 atom stereocenters. The summed E-state index contributed by atoms with van der Waals surface area (Å²) < 4.78 is 33.2. The molecular weight excluding hydrogens is 434 g/mol. The number of ether oxygens (including phenoxy) is 1. The van der Waals surface area contributed by atoms with Crippen molar-refractivity contribution >= 4 is 21.6 Å². The van der Waals surface area contributed by atoms with Crippen LogP contribution >= 0.6 is 0 Å². The lowest BCUT2D eigenvalue weighted by molar-refractivity contribution is 0.101. The minimum absolute atomic E-state index is 0.0400. The number of methoxy groups -OCH3 is 1. The maximum Gasteiger partial charge on any atom is 0.272 e. The number of carbonyl (C=O) groups excluding carboxylic acids is 1. The number of hydrogen-bond donors (Lipinski definition) is 0. The molecule has 4 aromatic carbocycles. The molecule has 0 heterocycles. The molecule has 0 unspecified atom stereocenters. The molecule has 0 spiro atoms. The fourth-order valence-corrected chi connectivity index (χ4v) is 4.87. The second-order valence-electron chi connectivity index (χ2n) is 7.53. The van der Waals surface area contributed by atoms with E-state index >= 15 is 0 Å². The van der Waals surface area contributed by atoms with Gasteiger partial charge in [0.05, 0.1) is 17.7 Å². The standard InChI is InChI=1S/C27H23NO4S/c1-20-8-18-26(19-9-20)33(30,31)28(24-14-16-25(32-2)17-15-24)27(29)23-12-10-22(11-13-23)21-6-4-3-5-7-21/h3-19H,1-2H3. The molecule has 0 aromatic heterocycles. The lowest BCUT2D eigenvalue weighted by Crippen LogP contribution is -2.37. The van der Waals surface area contributed by atoms with Crippen LogP contribution in [0.5, 0.6) is 5.75 Å². The zero-order valence-electron chi connectivity index (χ0n) is 18.3. The van der Waals surface area contributed by atoms with Gasteiger partial charge in [0, 0.05) is 5.56 Å². The van der Waals surface area contributed by atoms with Crippen LogP contribution in [0, 0.1) is 6.92 Å². The maximum atomic E-state index is 13.6. The number of aryl methyl sites for hydroxylation is 1. The normalized spacial score (nSPS) is 11.1. The SMILES string of the molecule is COc1ccc(N(C(=O)c2ccc(-c3ccccc3)cc2)S(=O)(=O)c2ccc(C)cc2)cc1. The molecule has 6 heteroatoms. The zero-order valence-corrected chi connectivity index (χ0v) is 19.1. The van der Waals surface area contributed by atoms with Crippen molar-refractivity contribution in [3.05, 3.63) is 114 Å². The second-order valence-corrected chi connectivity index (χ2v) is 9.32. The summed E-state index contributed by atoms with van der Waals surface area (Å²) in [5.74, 6) is -0.0774. The van der Waals surface area contributed by atoms with Crippen LogP contribution in [0.1, 0.15) is 15.9 Å². The first-order chi connectivity index (χ1) is 15.9. The van der Waals surface area contributed by atoms with Crippen molar-refractivity contribution in [3.8, 4) is 16.9 Å². The third-order valence-corrected chi connectivity index (χ3v) is 7.01. The van der Waals surface area contributed by atoms with Crippen molar-refractivity contribution in [1.29, 1.82) is 0 Å². The highest BCUT2D eigenvalue weighted by atomic mass is 32.2. The van der Waals surface area contributed by atoms with E-state index in [1.165, 1.54) is 19.2 Å². The van der Waals surface area contributed by atoms with E-state index in [0.29, 0.717) is 5.75 Å². The van der Waals surface area contributed by atoms with Gasteiger partial charge < -0.3 is 4.74 Å². The predicted molar refractivity (Wildman–Crippen MR) is 130 cm³/mol. The molecule has 166 valence electrons. The number of amides is 1. The van der Waals surface area contributed by atoms with Crippen LogP contribution in [0.4, 0.5) is 5.69 Å². The van der Waals surface area contributed by atoms with Gasteiger partial charge in [0.25, 0.3) is 15.9 Å². The largest absolute Gasteiger partial charge is 0.497 e. The third kappa shape index (κ3) is 4.66. The Morgan fingerprint density at radius 2 is 1.30 bits per heavy atom. The van der Waals surface area contributed by atoms with E-state index in [9.17, 15) is 13.2 Å². The summed E-state index contributed by atoms with van der Waals surface area (Å²) in [6, 6.07) is 29.5. The Bertz CT molecular complexity index is 1350. The quantitative estimate of drug-likeness (QED) is 0.372. The van der Waals surface area contributed by atoms with Gasteiger partial charge in [-0.15, -0.1) is 0 Å². The molecule has 33 heavy (non-hydrogen) atoms. The lowest BCUT2D eigenvalue weighted by Gasteiger charge is -2.23. The number of benzene rings is 4. The Balaban J connectivity index is 1.77. The monoisotopic (exact) mass is 457 g/mol. The minimum Gasteiger partial charge on any atom is -0.497 e. The molecule has 5 nitrogen and oxygen atoms in total. The molecule has 1 amide bonds. The molecule has 0 saturated heterocycles. The Kier molecular flexibility index (Phi) is 6.29. The summed E-state index contributed by atoms with van der Waals surface area (Å²) in [4.78, 5) is 13.6. The average Bonchev–Trinajstić information content (AvgIpc) is 2.85. The third-order valence-electron chi connectivity index (χ3n) is 5.29. The first kappa shape index (κ1) is 22.3. The molecule has 0 aliphatic rings. The average molecular weight is 458 g/mol. The fourth-order valence-electron chi connectivity index (χ4n) is 3.45. The highest BCUT2D eigenvalue weighted by Crippen LogP contribution is 2.29. The van der Waals surface area contributed by atoms with E-state index < -0.39 is 15.9 Å². The minimum atomic E-state index is -4.16. The number of nitrogens with zero attached hydrogens (tertiary/aromatic N) is 1. The smallest absolute Gasteiger partial charge is 0.272 e. The van der Waals surface area contributed by atoms with Gasteiger partial charge in [-0.05, 0) is 66.6 Å². The molecule has 0 radical (unpaired) electrons. The summed E-state index contributed by atoms with van der Waals surface area (Å²) in [7, 11) is -2.63. The van der Waals surface area contributed by atoms with Crippen LogP contribution in [0.25, 0.3) is 11.1 Å². The van der Waals surface area contributed by atoms with Gasteiger partial charge in [-0.3, -0.25) is 4.79 Å². The van der Waals surface area contributed by atoms with Gasteiger partial charge in [-0.2, -0.15) is 4.31 Å². The number of hydrogen-bond acceptors (Lipinski definition) is 4. The first-order valence-corrected chi connectivity index (χ1v) is 11.8. The number of rotatable bonds is 6.